The van der Waals surface area contributed by atoms with Crippen molar-refractivity contribution < 1.29 is 22.7 Å². The number of carbonyl (C=O) groups is 1. The van der Waals surface area contributed by atoms with Gasteiger partial charge in [-0.1, -0.05) is 17.7 Å². The Hall–Kier alpha value is -2.73. The zero-order valence-electron chi connectivity index (χ0n) is 16.3. The molecule has 1 fully saturated rings. The molecule has 1 aliphatic rings. The molecule has 1 aliphatic heterocycles. The second-order valence-corrected chi connectivity index (χ2v) is 7.10. The lowest BCUT2D eigenvalue weighted by atomic mass is 10.1. The third-order valence-corrected chi connectivity index (χ3v) is 4.85. The zero-order valence-corrected chi connectivity index (χ0v) is 17.8. The van der Waals surface area contributed by atoms with Gasteiger partial charge in [0, 0.05) is 35.6 Å². The molecule has 4 rings (SSSR count). The van der Waals surface area contributed by atoms with Crippen LogP contribution in [0, 0.1) is 0 Å². The molecule has 1 amide bonds. The Morgan fingerprint density at radius 2 is 2.09 bits per heavy atom. The number of alkyl halides is 3. The zero-order chi connectivity index (χ0) is 22.0. The van der Waals surface area contributed by atoms with Gasteiger partial charge in [-0.05, 0) is 12.1 Å². The van der Waals surface area contributed by atoms with Crippen molar-refractivity contribution in [3.63, 3.8) is 0 Å². The van der Waals surface area contributed by atoms with Gasteiger partial charge in [-0.25, -0.2) is 9.67 Å². The van der Waals surface area contributed by atoms with Gasteiger partial charge in [-0.15, -0.1) is 12.4 Å². The van der Waals surface area contributed by atoms with Crippen molar-refractivity contribution in [3.05, 3.63) is 64.8 Å². The molecule has 1 saturated heterocycles. The van der Waals surface area contributed by atoms with Crippen molar-refractivity contribution in [2.24, 2.45) is 0 Å². The van der Waals surface area contributed by atoms with E-state index in [1.54, 1.807) is 18.2 Å². The molecule has 8 nitrogen and oxygen atoms in total. The molecular formula is C19H17Cl2F3N6O2. The molecule has 170 valence electrons. The van der Waals surface area contributed by atoms with E-state index in [0.29, 0.717) is 30.1 Å². The number of hydrogen-bond acceptors (Lipinski definition) is 6. The number of halogens is 5. The number of nitrogens with one attached hydrogen (secondary N) is 2. The summed E-state index contributed by atoms with van der Waals surface area (Å²) in [4.78, 5) is 19.5. The fourth-order valence-electron chi connectivity index (χ4n) is 3.00. The van der Waals surface area contributed by atoms with E-state index >= 15 is 0 Å². The molecule has 0 unspecified atom stereocenters. The minimum absolute atomic E-state index is 0. The van der Waals surface area contributed by atoms with Gasteiger partial charge in [0.15, 0.2) is 11.5 Å². The molecule has 1 atom stereocenters. The van der Waals surface area contributed by atoms with E-state index in [1.807, 2.05) is 0 Å². The van der Waals surface area contributed by atoms with Crippen molar-refractivity contribution in [2.75, 3.05) is 25.0 Å². The minimum atomic E-state index is -4.64. The Kier molecular flexibility index (Phi) is 7.34. The van der Waals surface area contributed by atoms with Crippen LogP contribution in [-0.4, -0.2) is 45.4 Å². The van der Waals surface area contributed by atoms with Gasteiger partial charge >= 0.3 is 6.18 Å². The smallest absolute Gasteiger partial charge is 0.371 e. The first-order valence-electron chi connectivity index (χ1n) is 9.18. The van der Waals surface area contributed by atoms with Crippen LogP contribution in [0.4, 0.5) is 18.9 Å². The lowest BCUT2D eigenvalue weighted by molar-refractivity contribution is -0.141. The van der Waals surface area contributed by atoms with Crippen LogP contribution >= 0.6 is 24.0 Å². The number of aromatic nitrogens is 4. The monoisotopic (exact) mass is 488 g/mol. The number of ether oxygens (including phenoxy) is 1. The Morgan fingerprint density at radius 3 is 2.78 bits per heavy atom. The Labute approximate surface area is 191 Å². The molecule has 0 radical (unpaired) electrons. The van der Waals surface area contributed by atoms with Crippen LogP contribution in [0.3, 0.4) is 0 Å². The van der Waals surface area contributed by atoms with Gasteiger partial charge in [-0.3, -0.25) is 9.78 Å². The largest absolute Gasteiger partial charge is 0.434 e. The molecular weight excluding hydrogens is 472 g/mol. The van der Waals surface area contributed by atoms with E-state index in [0.717, 1.165) is 23.0 Å². The third kappa shape index (κ3) is 5.36. The molecule has 0 aliphatic carbocycles. The summed E-state index contributed by atoms with van der Waals surface area (Å²) in [6.07, 6.45) is -0.600. The maximum absolute atomic E-state index is 12.8. The van der Waals surface area contributed by atoms with Crippen molar-refractivity contribution >= 4 is 35.6 Å². The number of amides is 1. The summed E-state index contributed by atoms with van der Waals surface area (Å²) in [5.41, 5.74) is 0.231. The van der Waals surface area contributed by atoms with Crippen LogP contribution in [0.15, 0.2) is 43.0 Å². The Morgan fingerprint density at radius 1 is 1.28 bits per heavy atom. The summed E-state index contributed by atoms with van der Waals surface area (Å²) in [5.74, 6) is -0.673. The molecule has 3 aromatic rings. The lowest BCUT2D eigenvalue weighted by Crippen LogP contribution is -2.33. The van der Waals surface area contributed by atoms with Gasteiger partial charge < -0.3 is 15.4 Å². The highest BCUT2D eigenvalue weighted by Crippen LogP contribution is 2.29. The van der Waals surface area contributed by atoms with Crippen LogP contribution in [0.1, 0.15) is 27.7 Å². The molecule has 2 aromatic heterocycles. The van der Waals surface area contributed by atoms with Crippen molar-refractivity contribution in [2.45, 2.75) is 12.3 Å². The normalized spacial score (nSPS) is 16.3. The number of hydrogen-bond donors (Lipinski definition) is 2. The maximum Gasteiger partial charge on any atom is 0.434 e. The Bertz CT molecular complexity index is 1100. The molecule has 0 bridgehead atoms. The van der Waals surface area contributed by atoms with Crippen molar-refractivity contribution in [1.82, 2.24) is 25.1 Å². The molecule has 1 aromatic carbocycles. The molecule has 13 heteroatoms. The number of nitrogens with zero attached hydrogens (tertiary/aromatic N) is 4. The fraction of sp³-hybridized carbons (Fsp3) is 0.263. The van der Waals surface area contributed by atoms with E-state index < -0.39 is 17.8 Å². The predicted molar refractivity (Wildman–Crippen MR) is 112 cm³/mol. The van der Waals surface area contributed by atoms with Gasteiger partial charge in [-0.2, -0.15) is 18.3 Å². The number of morpholine rings is 1. The molecule has 32 heavy (non-hydrogen) atoms. The lowest BCUT2D eigenvalue weighted by Gasteiger charge is -2.25. The highest BCUT2D eigenvalue weighted by Gasteiger charge is 2.33. The molecule has 2 N–H and O–H groups in total. The van der Waals surface area contributed by atoms with Crippen LogP contribution in [0.25, 0.3) is 5.82 Å². The minimum Gasteiger partial charge on any atom is -0.371 e. The summed E-state index contributed by atoms with van der Waals surface area (Å²) in [5, 5.41) is 10.2. The van der Waals surface area contributed by atoms with Gasteiger partial charge in [0.05, 0.1) is 36.9 Å². The summed E-state index contributed by atoms with van der Waals surface area (Å²) < 4.78 is 45.2. The first-order chi connectivity index (χ1) is 14.8. The highest BCUT2D eigenvalue weighted by atomic mass is 35.5. The first-order valence-corrected chi connectivity index (χ1v) is 9.56. The van der Waals surface area contributed by atoms with Crippen LogP contribution in [0.5, 0.6) is 0 Å². The average molecular weight is 489 g/mol. The maximum atomic E-state index is 12.8. The second kappa shape index (κ2) is 9.82. The second-order valence-electron chi connectivity index (χ2n) is 6.69. The van der Waals surface area contributed by atoms with Crippen LogP contribution in [0.2, 0.25) is 5.02 Å². The topological polar surface area (TPSA) is 94.0 Å². The predicted octanol–water partition coefficient (Wildman–Crippen LogP) is 3.67. The van der Waals surface area contributed by atoms with Crippen molar-refractivity contribution in [1.29, 1.82) is 0 Å². The third-order valence-electron chi connectivity index (χ3n) is 4.52. The summed E-state index contributed by atoms with van der Waals surface area (Å²) in [6, 6.07) is 5.08. The number of anilines is 1. The average Bonchev–Trinajstić information content (AvgIpc) is 3.25. The summed E-state index contributed by atoms with van der Waals surface area (Å²) >= 11 is 6.35. The molecule has 0 saturated carbocycles. The van der Waals surface area contributed by atoms with E-state index in [2.05, 4.69) is 25.7 Å². The standard InChI is InChI=1S/C19H16ClF3N6O2.ClH/c20-14-5-12(1-2-13(14)15-7-24-3-4-31-15)27-18(30)11-6-26-29(10-11)17-9-25-8-16(28-17)19(21,22)23;/h1-2,5-6,8-10,15,24H,3-4,7H2,(H,27,30);1H/t15-;/m1./s1. The van der Waals surface area contributed by atoms with E-state index in [1.165, 1.54) is 12.4 Å². The summed E-state index contributed by atoms with van der Waals surface area (Å²) in [7, 11) is 0. The number of carbonyl (C=O) groups excluding carboxylic acids is 1. The van der Waals surface area contributed by atoms with E-state index in [4.69, 9.17) is 16.3 Å². The van der Waals surface area contributed by atoms with Gasteiger partial charge in [0.1, 0.15) is 0 Å². The fourth-order valence-corrected chi connectivity index (χ4v) is 3.30. The summed E-state index contributed by atoms with van der Waals surface area (Å²) in [6.45, 7) is 2.00. The first kappa shape index (κ1) is 23.9. The number of rotatable bonds is 4. The molecule has 3 heterocycles. The van der Waals surface area contributed by atoms with Crippen LogP contribution < -0.4 is 10.6 Å². The highest BCUT2D eigenvalue weighted by molar-refractivity contribution is 6.31. The SMILES string of the molecule is Cl.O=C(Nc1ccc([C@H]2CNCCO2)c(Cl)c1)c1cnn(-c2cncc(C(F)(F)F)n2)c1. The van der Waals surface area contributed by atoms with E-state index in [-0.39, 0.29) is 29.9 Å². The number of benzene rings is 1. The van der Waals surface area contributed by atoms with Gasteiger partial charge in [0.2, 0.25) is 0 Å². The Balaban J connectivity index is 0.00000289. The van der Waals surface area contributed by atoms with Crippen LogP contribution in [-0.2, 0) is 10.9 Å². The molecule has 0 spiro atoms. The quantitative estimate of drug-likeness (QED) is 0.581. The van der Waals surface area contributed by atoms with Crippen molar-refractivity contribution in [3.8, 4) is 5.82 Å². The van der Waals surface area contributed by atoms with E-state index in [9.17, 15) is 18.0 Å². The van der Waals surface area contributed by atoms with Gasteiger partial charge in [0.25, 0.3) is 5.91 Å².